The number of halogens is 1. The standard InChI is InChI=1S/C17H15ClO2/c1-20-17-8-7-13(10-15(17)18)12-6-5-11-3-2-4-16(19)14(11)9-12/h5-10H,2-4H2,1H3. The van der Waals surface area contributed by atoms with Crippen LogP contribution in [0.1, 0.15) is 28.8 Å². The van der Waals surface area contributed by atoms with Gasteiger partial charge in [-0.25, -0.2) is 0 Å². The molecule has 0 aromatic heterocycles. The molecule has 0 unspecified atom stereocenters. The fourth-order valence-electron chi connectivity index (χ4n) is 2.65. The van der Waals surface area contributed by atoms with E-state index in [1.54, 1.807) is 7.11 Å². The summed E-state index contributed by atoms with van der Waals surface area (Å²) in [6.07, 6.45) is 2.60. The second-order valence-corrected chi connectivity index (χ2v) is 5.41. The topological polar surface area (TPSA) is 26.3 Å². The molecule has 0 saturated carbocycles. The fraction of sp³-hybridized carbons (Fsp3) is 0.235. The summed E-state index contributed by atoms with van der Waals surface area (Å²) in [6, 6.07) is 11.8. The summed E-state index contributed by atoms with van der Waals surface area (Å²) >= 11 is 6.16. The molecule has 0 fully saturated rings. The molecule has 0 spiro atoms. The Morgan fingerprint density at radius 3 is 2.55 bits per heavy atom. The molecule has 3 rings (SSSR count). The highest BCUT2D eigenvalue weighted by molar-refractivity contribution is 6.32. The van der Waals surface area contributed by atoms with Crippen molar-refractivity contribution in [1.29, 1.82) is 0 Å². The lowest BCUT2D eigenvalue weighted by Gasteiger charge is -2.16. The number of hydrogen-bond acceptors (Lipinski definition) is 2. The molecule has 0 amide bonds. The summed E-state index contributed by atoms with van der Waals surface area (Å²) in [5.74, 6) is 0.900. The summed E-state index contributed by atoms with van der Waals surface area (Å²) < 4.78 is 5.16. The summed E-state index contributed by atoms with van der Waals surface area (Å²) in [7, 11) is 1.60. The normalized spacial score (nSPS) is 14.0. The summed E-state index contributed by atoms with van der Waals surface area (Å²) in [5.41, 5.74) is 4.03. The Kier molecular flexibility index (Phi) is 3.49. The summed E-state index contributed by atoms with van der Waals surface area (Å²) in [6.45, 7) is 0. The lowest BCUT2D eigenvalue weighted by molar-refractivity contribution is 0.0972. The van der Waals surface area contributed by atoms with Crippen molar-refractivity contribution in [2.45, 2.75) is 19.3 Å². The maximum atomic E-state index is 12.0. The van der Waals surface area contributed by atoms with Gasteiger partial charge in [-0.2, -0.15) is 0 Å². The van der Waals surface area contributed by atoms with Gasteiger partial charge in [0.1, 0.15) is 5.75 Å². The van der Waals surface area contributed by atoms with Crippen molar-refractivity contribution >= 4 is 17.4 Å². The molecular weight excluding hydrogens is 272 g/mol. The van der Waals surface area contributed by atoms with Crippen molar-refractivity contribution < 1.29 is 9.53 Å². The van der Waals surface area contributed by atoms with E-state index in [4.69, 9.17) is 16.3 Å². The highest BCUT2D eigenvalue weighted by Gasteiger charge is 2.17. The molecular formula is C17H15ClO2. The van der Waals surface area contributed by atoms with Crippen LogP contribution in [0.3, 0.4) is 0 Å². The number of ketones is 1. The van der Waals surface area contributed by atoms with E-state index in [1.807, 2.05) is 24.3 Å². The lowest BCUT2D eigenvalue weighted by Crippen LogP contribution is -2.10. The second kappa shape index (κ2) is 5.29. The van der Waals surface area contributed by atoms with E-state index in [0.717, 1.165) is 35.1 Å². The molecule has 2 nitrogen and oxygen atoms in total. The van der Waals surface area contributed by atoms with Crippen LogP contribution in [0.2, 0.25) is 5.02 Å². The van der Waals surface area contributed by atoms with Crippen LogP contribution in [-0.2, 0) is 6.42 Å². The molecule has 0 radical (unpaired) electrons. The van der Waals surface area contributed by atoms with Gasteiger partial charge in [0.25, 0.3) is 0 Å². The van der Waals surface area contributed by atoms with Crippen LogP contribution in [0.15, 0.2) is 36.4 Å². The van der Waals surface area contributed by atoms with E-state index in [9.17, 15) is 4.79 Å². The smallest absolute Gasteiger partial charge is 0.163 e. The zero-order valence-electron chi connectivity index (χ0n) is 11.3. The monoisotopic (exact) mass is 286 g/mol. The molecule has 0 saturated heterocycles. The number of Topliss-reactive ketones (excluding diaryl/α,β-unsaturated/α-hetero) is 1. The van der Waals surface area contributed by atoms with Crippen LogP contribution >= 0.6 is 11.6 Å². The van der Waals surface area contributed by atoms with Crippen LogP contribution in [0.25, 0.3) is 11.1 Å². The first-order valence-corrected chi connectivity index (χ1v) is 7.07. The lowest BCUT2D eigenvalue weighted by atomic mass is 9.88. The van der Waals surface area contributed by atoms with E-state index in [2.05, 4.69) is 12.1 Å². The predicted octanol–water partition coefficient (Wildman–Crippen LogP) is 4.53. The van der Waals surface area contributed by atoms with Gasteiger partial charge < -0.3 is 4.74 Å². The van der Waals surface area contributed by atoms with Gasteiger partial charge >= 0.3 is 0 Å². The molecule has 1 aliphatic carbocycles. The number of ether oxygens (including phenoxy) is 1. The minimum Gasteiger partial charge on any atom is -0.495 e. The molecule has 0 heterocycles. The number of benzene rings is 2. The largest absolute Gasteiger partial charge is 0.495 e. The third kappa shape index (κ3) is 2.32. The van der Waals surface area contributed by atoms with Gasteiger partial charge in [0.05, 0.1) is 12.1 Å². The zero-order chi connectivity index (χ0) is 14.1. The molecule has 2 aromatic rings. The first-order valence-electron chi connectivity index (χ1n) is 6.69. The van der Waals surface area contributed by atoms with Crippen LogP contribution in [0.4, 0.5) is 0 Å². The molecule has 1 aliphatic rings. The first kappa shape index (κ1) is 13.2. The van der Waals surface area contributed by atoms with E-state index >= 15 is 0 Å². The predicted molar refractivity (Wildman–Crippen MR) is 80.7 cm³/mol. The van der Waals surface area contributed by atoms with E-state index < -0.39 is 0 Å². The summed E-state index contributed by atoms with van der Waals surface area (Å²) in [5, 5.41) is 0.578. The zero-order valence-corrected chi connectivity index (χ0v) is 12.0. The average Bonchev–Trinajstić information content (AvgIpc) is 2.47. The highest BCUT2D eigenvalue weighted by Crippen LogP contribution is 2.32. The van der Waals surface area contributed by atoms with Crippen LogP contribution in [0, 0.1) is 0 Å². The van der Waals surface area contributed by atoms with Gasteiger partial charge in [0, 0.05) is 12.0 Å². The third-order valence-corrected chi connectivity index (χ3v) is 4.04. The molecule has 0 atom stereocenters. The Labute approximate surface area is 123 Å². The Balaban J connectivity index is 2.04. The Morgan fingerprint density at radius 1 is 1.05 bits per heavy atom. The molecule has 102 valence electrons. The molecule has 2 aromatic carbocycles. The molecule has 3 heteroatoms. The van der Waals surface area contributed by atoms with Gasteiger partial charge in [-0.05, 0) is 47.7 Å². The Bertz CT molecular complexity index is 677. The number of rotatable bonds is 2. The number of methoxy groups -OCH3 is 1. The van der Waals surface area contributed by atoms with Gasteiger partial charge in [-0.3, -0.25) is 4.79 Å². The van der Waals surface area contributed by atoms with Crippen LogP contribution in [-0.4, -0.2) is 12.9 Å². The van der Waals surface area contributed by atoms with Gasteiger partial charge in [-0.1, -0.05) is 29.8 Å². The number of fused-ring (bicyclic) bond motifs is 1. The van der Waals surface area contributed by atoms with Crippen molar-refractivity contribution in [1.82, 2.24) is 0 Å². The van der Waals surface area contributed by atoms with Gasteiger partial charge in [0.2, 0.25) is 0 Å². The van der Waals surface area contributed by atoms with Crippen molar-refractivity contribution in [3.63, 3.8) is 0 Å². The maximum Gasteiger partial charge on any atom is 0.163 e. The quantitative estimate of drug-likeness (QED) is 0.810. The van der Waals surface area contributed by atoms with Crippen molar-refractivity contribution in [2.75, 3.05) is 7.11 Å². The Hall–Kier alpha value is -1.80. The summed E-state index contributed by atoms with van der Waals surface area (Å²) in [4.78, 5) is 12.0. The first-order chi connectivity index (χ1) is 9.69. The van der Waals surface area contributed by atoms with Crippen molar-refractivity contribution in [3.8, 4) is 16.9 Å². The molecule has 0 N–H and O–H groups in total. The van der Waals surface area contributed by atoms with Crippen molar-refractivity contribution in [3.05, 3.63) is 52.5 Å². The van der Waals surface area contributed by atoms with Crippen molar-refractivity contribution in [2.24, 2.45) is 0 Å². The highest BCUT2D eigenvalue weighted by atomic mass is 35.5. The Morgan fingerprint density at radius 2 is 1.80 bits per heavy atom. The number of aryl methyl sites for hydroxylation is 1. The number of hydrogen-bond donors (Lipinski definition) is 0. The van der Waals surface area contributed by atoms with Gasteiger partial charge in [0.15, 0.2) is 5.78 Å². The molecule has 0 bridgehead atoms. The van der Waals surface area contributed by atoms with E-state index in [-0.39, 0.29) is 5.78 Å². The van der Waals surface area contributed by atoms with E-state index in [0.29, 0.717) is 17.2 Å². The fourth-order valence-corrected chi connectivity index (χ4v) is 2.91. The molecule has 0 aliphatic heterocycles. The minimum absolute atomic E-state index is 0.243. The van der Waals surface area contributed by atoms with Gasteiger partial charge in [-0.15, -0.1) is 0 Å². The van der Waals surface area contributed by atoms with E-state index in [1.165, 1.54) is 0 Å². The van der Waals surface area contributed by atoms with Crippen LogP contribution < -0.4 is 4.74 Å². The minimum atomic E-state index is 0.243. The average molecular weight is 287 g/mol. The number of carbonyl (C=O) groups is 1. The third-order valence-electron chi connectivity index (χ3n) is 3.75. The maximum absolute atomic E-state index is 12.0. The number of carbonyl (C=O) groups excluding carboxylic acids is 1. The molecule has 20 heavy (non-hydrogen) atoms. The SMILES string of the molecule is COc1ccc(-c2ccc3c(c2)C(=O)CCC3)cc1Cl. The van der Waals surface area contributed by atoms with Crippen LogP contribution in [0.5, 0.6) is 5.75 Å². The second-order valence-electron chi connectivity index (χ2n) is 5.00.